The Labute approximate surface area is 107 Å². The minimum atomic E-state index is -3.18. The summed E-state index contributed by atoms with van der Waals surface area (Å²) in [5, 5.41) is -0.426. The van der Waals surface area contributed by atoms with E-state index in [-0.39, 0.29) is 5.75 Å². The molecule has 100 valence electrons. The molecule has 0 bridgehead atoms. The van der Waals surface area contributed by atoms with Gasteiger partial charge in [0.2, 0.25) is 0 Å². The molecule has 0 aromatic heterocycles. The number of hydrogen-bond acceptors (Lipinski definition) is 5. The molecule has 0 fully saturated rings. The summed E-state index contributed by atoms with van der Waals surface area (Å²) >= 11 is 0. The SMILES string of the molecule is CC(C)S(=O)(=O)Cc1cc2c(cc1N)OCCO2. The summed E-state index contributed by atoms with van der Waals surface area (Å²) in [5.41, 5.74) is 6.83. The van der Waals surface area contributed by atoms with Gasteiger partial charge >= 0.3 is 0 Å². The molecular weight excluding hydrogens is 254 g/mol. The maximum atomic E-state index is 11.9. The lowest BCUT2D eigenvalue weighted by molar-refractivity contribution is 0.171. The number of sulfone groups is 1. The second-order valence-corrected chi connectivity index (χ2v) is 7.11. The lowest BCUT2D eigenvalue weighted by Gasteiger charge is -2.20. The van der Waals surface area contributed by atoms with Crippen molar-refractivity contribution < 1.29 is 17.9 Å². The highest BCUT2D eigenvalue weighted by Gasteiger charge is 2.21. The van der Waals surface area contributed by atoms with E-state index in [4.69, 9.17) is 15.2 Å². The first-order valence-electron chi connectivity index (χ1n) is 5.79. The van der Waals surface area contributed by atoms with E-state index in [0.29, 0.717) is 36.0 Å². The summed E-state index contributed by atoms with van der Waals surface area (Å²) in [4.78, 5) is 0. The van der Waals surface area contributed by atoms with E-state index in [9.17, 15) is 8.42 Å². The van der Waals surface area contributed by atoms with Crippen LogP contribution in [0.2, 0.25) is 0 Å². The van der Waals surface area contributed by atoms with Gasteiger partial charge in [-0.05, 0) is 25.5 Å². The maximum Gasteiger partial charge on any atom is 0.163 e. The van der Waals surface area contributed by atoms with Crippen molar-refractivity contribution in [1.29, 1.82) is 0 Å². The van der Waals surface area contributed by atoms with Crippen LogP contribution in [0.3, 0.4) is 0 Å². The van der Waals surface area contributed by atoms with E-state index >= 15 is 0 Å². The van der Waals surface area contributed by atoms with Crippen LogP contribution in [0.15, 0.2) is 12.1 Å². The van der Waals surface area contributed by atoms with Crippen molar-refractivity contribution in [2.45, 2.75) is 24.9 Å². The zero-order valence-electron chi connectivity index (χ0n) is 10.5. The minimum absolute atomic E-state index is 0.0763. The molecular formula is C12H17NO4S. The van der Waals surface area contributed by atoms with Gasteiger partial charge in [-0.15, -0.1) is 0 Å². The van der Waals surface area contributed by atoms with Crippen molar-refractivity contribution in [2.75, 3.05) is 18.9 Å². The normalized spacial score (nSPS) is 14.8. The highest BCUT2D eigenvalue weighted by Crippen LogP contribution is 2.35. The molecule has 2 N–H and O–H groups in total. The van der Waals surface area contributed by atoms with Crippen LogP contribution in [-0.2, 0) is 15.6 Å². The van der Waals surface area contributed by atoms with Crippen molar-refractivity contribution in [1.82, 2.24) is 0 Å². The fourth-order valence-electron chi connectivity index (χ4n) is 1.66. The van der Waals surface area contributed by atoms with Crippen molar-refractivity contribution in [3.63, 3.8) is 0 Å². The molecule has 2 rings (SSSR count). The molecule has 0 saturated carbocycles. The lowest BCUT2D eigenvalue weighted by atomic mass is 10.2. The molecule has 0 spiro atoms. The van der Waals surface area contributed by atoms with E-state index in [0.717, 1.165) is 0 Å². The molecule has 1 aromatic rings. The Hall–Kier alpha value is -1.43. The molecule has 0 amide bonds. The molecule has 1 aliphatic heterocycles. The second-order valence-electron chi connectivity index (χ2n) is 4.55. The molecule has 0 unspecified atom stereocenters. The lowest BCUT2D eigenvalue weighted by Crippen LogP contribution is -2.19. The predicted octanol–water partition coefficient (Wildman–Crippen LogP) is 1.36. The molecule has 0 saturated heterocycles. The number of nitrogen functional groups attached to an aromatic ring is 1. The van der Waals surface area contributed by atoms with Gasteiger partial charge < -0.3 is 15.2 Å². The Morgan fingerprint density at radius 2 is 1.78 bits per heavy atom. The van der Waals surface area contributed by atoms with Crippen LogP contribution in [0, 0.1) is 0 Å². The van der Waals surface area contributed by atoms with Crippen molar-refractivity contribution in [3.05, 3.63) is 17.7 Å². The number of anilines is 1. The average Bonchev–Trinajstić information content (AvgIpc) is 2.29. The number of ether oxygens (including phenoxy) is 2. The first-order chi connectivity index (χ1) is 8.40. The number of nitrogens with two attached hydrogens (primary N) is 1. The smallest absolute Gasteiger partial charge is 0.163 e. The fourth-order valence-corrected chi connectivity index (χ4v) is 2.67. The van der Waals surface area contributed by atoms with Crippen LogP contribution in [0.1, 0.15) is 19.4 Å². The Bertz CT molecular complexity index is 551. The molecule has 0 atom stereocenters. The first-order valence-corrected chi connectivity index (χ1v) is 7.51. The van der Waals surface area contributed by atoms with Gasteiger partial charge in [-0.3, -0.25) is 0 Å². The van der Waals surface area contributed by atoms with E-state index in [1.165, 1.54) is 0 Å². The summed E-state index contributed by atoms with van der Waals surface area (Å²) in [6.45, 7) is 4.26. The standard InChI is InChI=1S/C12H17NO4S/c1-8(2)18(14,15)7-9-5-11-12(6-10(9)13)17-4-3-16-11/h5-6,8H,3-4,7,13H2,1-2H3. The monoisotopic (exact) mass is 271 g/mol. The Morgan fingerprint density at radius 1 is 1.22 bits per heavy atom. The molecule has 1 aromatic carbocycles. The van der Waals surface area contributed by atoms with Crippen LogP contribution in [0.5, 0.6) is 11.5 Å². The van der Waals surface area contributed by atoms with E-state index in [1.807, 2.05) is 0 Å². The van der Waals surface area contributed by atoms with Gasteiger partial charge in [0.1, 0.15) is 13.2 Å². The summed E-state index contributed by atoms with van der Waals surface area (Å²) < 4.78 is 34.6. The van der Waals surface area contributed by atoms with Crippen molar-refractivity contribution >= 4 is 15.5 Å². The zero-order chi connectivity index (χ0) is 13.3. The summed E-state index contributed by atoms with van der Waals surface area (Å²) in [5.74, 6) is 1.06. The third kappa shape index (κ3) is 2.53. The Balaban J connectivity index is 2.35. The Morgan fingerprint density at radius 3 is 2.33 bits per heavy atom. The van der Waals surface area contributed by atoms with Crippen LogP contribution in [0.25, 0.3) is 0 Å². The molecule has 0 aliphatic carbocycles. The maximum absolute atomic E-state index is 11.9. The van der Waals surface area contributed by atoms with Gasteiger partial charge in [0.05, 0.1) is 11.0 Å². The number of fused-ring (bicyclic) bond motifs is 1. The topological polar surface area (TPSA) is 78.6 Å². The summed E-state index contributed by atoms with van der Waals surface area (Å²) in [6.07, 6.45) is 0. The molecule has 0 radical (unpaired) electrons. The fraction of sp³-hybridized carbons (Fsp3) is 0.500. The molecule has 1 heterocycles. The first kappa shape index (κ1) is 13.0. The van der Waals surface area contributed by atoms with E-state index in [2.05, 4.69) is 0 Å². The third-order valence-electron chi connectivity index (χ3n) is 2.88. The van der Waals surface area contributed by atoms with Crippen molar-refractivity contribution in [2.24, 2.45) is 0 Å². The van der Waals surface area contributed by atoms with Gasteiger partial charge in [0.25, 0.3) is 0 Å². The van der Waals surface area contributed by atoms with Gasteiger partial charge in [-0.2, -0.15) is 0 Å². The van der Waals surface area contributed by atoms with Crippen LogP contribution in [-0.4, -0.2) is 26.9 Å². The number of hydrogen-bond donors (Lipinski definition) is 1. The van der Waals surface area contributed by atoms with Crippen LogP contribution >= 0.6 is 0 Å². The Kier molecular flexibility index (Phi) is 3.38. The number of benzene rings is 1. The van der Waals surface area contributed by atoms with Gasteiger partial charge in [0.15, 0.2) is 21.3 Å². The van der Waals surface area contributed by atoms with Crippen molar-refractivity contribution in [3.8, 4) is 11.5 Å². The van der Waals surface area contributed by atoms with Crippen LogP contribution < -0.4 is 15.2 Å². The highest BCUT2D eigenvalue weighted by molar-refractivity contribution is 7.91. The quantitative estimate of drug-likeness (QED) is 0.840. The molecule has 5 nitrogen and oxygen atoms in total. The second kappa shape index (κ2) is 4.68. The van der Waals surface area contributed by atoms with E-state index < -0.39 is 15.1 Å². The summed E-state index contributed by atoms with van der Waals surface area (Å²) in [6, 6.07) is 3.28. The van der Waals surface area contributed by atoms with Crippen LogP contribution in [0.4, 0.5) is 5.69 Å². The van der Waals surface area contributed by atoms with Gasteiger partial charge in [-0.25, -0.2) is 8.42 Å². The average molecular weight is 271 g/mol. The molecule has 1 aliphatic rings. The largest absolute Gasteiger partial charge is 0.486 e. The number of rotatable bonds is 3. The molecule has 18 heavy (non-hydrogen) atoms. The van der Waals surface area contributed by atoms with Gasteiger partial charge in [-0.1, -0.05) is 0 Å². The summed E-state index contributed by atoms with van der Waals surface area (Å²) in [7, 11) is -3.18. The van der Waals surface area contributed by atoms with E-state index in [1.54, 1.807) is 26.0 Å². The minimum Gasteiger partial charge on any atom is -0.486 e. The highest BCUT2D eigenvalue weighted by atomic mass is 32.2. The van der Waals surface area contributed by atoms with Gasteiger partial charge in [0, 0.05) is 11.8 Å². The zero-order valence-corrected chi connectivity index (χ0v) is 11.3. The predicted molar refractivity (Wildman–Crippen MR) is 69.6 cm³/mol. The third-order valence-corrected chi connectivity index (χ3v) is 5.03. The molecule has 6 heteroatoms.